The molecule has 1 heterocycles. The Morgan fingerprint density at radius 1 is 1.28 bits per heavy atom. The number of aliphatic hydroxyl groups is 1. The van der Waals surface area contributed by atoms with Gasteiger partial charge in [0, 0.05) is 24.9 Å². The van der Waals surface area contributed by atoms with E-state index >= 15 is 0 Å². The lowest BCUT2D eigenvalue weighted by molar-refractivity contribution is -0.128. The van der Waals surface area contributed by atoms with Gasteiger partial charge in [-0.3, -0.25) is 4.79 Å². The van der Waals surface area contributed by atoms with Gasteiger partial charge in [-0.25, -0.2) is 0 Å². The average molecular weight is 245 g/mol. The number of aryl methyl sites for hydroxylation is 1. The normalized spacial score (nSPS) is 25.6. The Morgan fingerprint density at radius 3 is 2.56 bits per heavy atom. The van der Waals surface area contributed by atoms with E-state index in [1.54, 1.807) is 0 Å². The van der Waals surface area contributed by atoms with Crippen molar-refractivity contribution < 1.29 is 9.90 Å². The minimum Gasteiger partial charge on any atom is -0.388 e. The summed E-state index contributed by atoms with van der Waals surface area (Å²) in [4.78, 5) is 13.8. The summed E-state index contributed by atoms with van der Waals surface area (Å²) < 4.78 is 0. The maximum Gasteiger partial charge on any atom is 0.223 e. The first-order valence-electron chi connectivity index (χ1n) is 6.69. The first kappa shape index (κ1) is 11.7. The molecule has 0 radical (unpaired) electrons. The Hall–Kier alpha value is -1.35. The molecule has 2 atom stereocenters. The Bertz CT molecular complexity index is 450. The van der Waals surface area contributed by atoms with Gasteiger partial charge < -0.3 is 10.0 Å². The van der Waals surface area contributed by atoms with Crippen LogP contribution in [0.4, 0.5) is 0 Å². The lowest BCUT2D eigenvalue weighted by atomic mass is 9.94. The third kappa shape index (κ3) is 2.15. The molecular weight excluding hydrogens is 226 g/mol. The van der Waals surface area contributed by atoms with Crippen LogP contribution in [0, 0.1) is 12.8 Å². The maximum atomic E-state index is 11.9. The first-order valence-corrected chi connectivity index (χ1v) is 6.69. The summed E-state index contributed by atoms with van der Waals surface area (Å²) in [7, 11) is 0. The third-order valence-corrected chi connectivity index (χ3v) is 4.04. The zero-order valence-corrected chi connectivity index (χ0v) is 10.7. The molecule has 1 aliphatic carbocycles. The fourth-order valence-electron chi connectivity index (χ4n) is 2.75. The van der Waals surface area contributed by atoms with Gasteiger partial charge in [0.2, 0.25) is 5.91 Å². The topological polar surface area (TPSA) is 40.5 Å². The molecule has 2 aliphatic rings. The van der Waals surface area contributed by atoms with Crippen molar-refractivity contribution in [3.8, 4) is 0 Å². The van der Waals surface area contributed by atoms with E-state index in [-0.39, 0.29) is 11.8 Å². The Balaban J connectivity index is 1.71. The Labute approximate surface area is 107 Å². The predicted octanol–water partition coefficient (Wildman–Crippen LogP) is 2.04. The van der Waals surface area contributed by atoms with E-state index in [1.807, 2.05) is 36.1 Å². The predicted molar refractivity (Wildman–Crippen MR) is 69.0 cm³/mol. The lowest BCUT2D eigenvalue weighted by Crippen LogP contribution is -2.28. The van der Waals surface area contributed by atoms with Crippen molar-refractivity contribution in [1.29, 1.82) is 0 Å². The molecule has 1 aromatic rings. The second-order valence-electron chi connectivity index (χ2n) is 5.60. The van der Waals surface area contributed by atoms with E-state index in [9.17, 15) is 9.90 Å². The summed E-state index contributed by atoms with van der Waals surface area (Å²) in [5.41, 5.74) is 2.11. The van der Waals surface area contributed by atoms with E-state index in [0.29, 0.717) is 12.5 Å². The highest BCUT2D eigenvalue weighted by Gasteiger charge is 2.41. The number of hydrogen-bond donors (Lipinski definition) is 1. The molecule has 1 saturated heterocycles. The SMILES string of the molecule is Cc1ccc(C(O)C2CC(=O)N(C3CC3)C2)cc1. The number of rotatable bonds is 3. The van der Waals surface area contributed by atoms with Crippen molar-refractivity contribution in [2.75, 3.05) is 6.54 Å². The maximum absolute atomic E-state index is 11.9. The summed E-state index contributed by atoms with van der Waals surface area (Å²) in [5.74, 6) is 0.273. The zero-order chi connectivity index (χ0) is 12.7. The molecule has 3 nitrogen and oxygen atoms in total. The molecule has 1 amide bonds. The van der Waals surface area contributed by atoms with E-state index < -0.39 is 6.10 Å². The molecule has 18 heavy (non-hydrogen) atoms. The highest BCUT2D eigenvalue weighted by atomic mass is 16.3. The highest BCUT2D eigenvalue weighted by Crippen LogP contribution is 2.37. The minimum absolute atomic E-state index is 0.0563. The lowest BCUT2D eigenvalue weighted by Gasteiger charge is -2.19. The summed E-state index contributed by atoms with van der Waals surface area (Å²) in [6.07, 6.45) is 2.25. The van der Waals surface area contributed by atoms with Crippen LogP contribution in [0.25, 0.3) is 0 Å². The molecule has 1 N–H and O–H groups in total. The molecule has 2 fully saturated rings. The molecule has 0 aromatic heterocycles. The van der Waals surface area contributed by atoms with Crippen molar-refractivity contribution in [3.63, 3.8) is 0 Å². The third-order valence-electron chi connectivity index (χ3n) is 4.04. The summed E-state index contributed by atoms with van der Waals surface area (Å²) >= 11 is 0. The van der Waals surface area contributed by atoms with Gasteiger partial charge in [-0.1, -0.05) is 29.8 Å². The largest absolute Gasteiger partial charge is 0.388 e. The van der Waals surface area contributed by atoms with E-state index in [1.165, 1.54) is 5.56 Å². The Morgan fingerprint density at radius 2 is 1.94 bits per heavy atom. The number of nitrogens with zero attached hydrogens (tertiary/aromatic N) is 1. The number of aliphatic hydroxyl groups excluding tert-OH is 1. The van der Waals surface area contributed by atoms with E-state index in [2.05, 4.69) is 0 Å². The van der Waals surface area contributed by atoms with Crippen LogP contribution in [0.1, 0.15) is 36.5 Å². The van der Waals surface area contributed by atoms with Crippen molar-refractivity contribution >= 4 is 5.91 Å². The van der Waals surface area contributed by atoms with Gasteiger partial charge in [0.05, 0.1) is 6.10 Å². The number of benzene rings is 1. The van der Waals surface area contributed by atoms with E-state index in [0.717, 1.165) is 24.9 Å². The summed E-state index contributed by atoms with van der Waals surface area (Å²) in [6, 6.07) is 8.41. The first-order chi connectivity index (χ1) is 8.65. The molecule has 1 aromatic carbocycles. The molecule has 0 spiro atoms. The molecule has 96 valence electrons. The number of carbonyl (C=O) groups excluding carboxylic acids is 1. The number of likely N-dealkylation sites (tertiary alicyclic amines) is 1. The minimum atomic E-state index is -0.515. The highest BCUT2D eigenvalue weighted by molar-refractivity contribution is 5.79. The molecule has 3 rings (SSSR count). The van der Waals surface area contributed by atoms with Crippen LogP contribution in [0.5, 0.6) is 0 Å². The van der Waals surface area contributed by atoms with Crippen LogP contribution in [-0.4, -0.2) is 28.5 Å². The van der Waals surface area contributed by atoms with Crippen LogP contribution in [0.2, 0.25) is 0 Å². The number of carbonyl (C=O) groups is 1. The average Bonchev–Trinajstić information content (AvgIpc) is 3.13. The molecule has 1 aliphatic heterocycles. The molecular formula is C15H19NO2. The summed E-state index contributed by atoms with van der Waals surface area (Å²) in [5, 5.41) is 10.4. The zero-order valence-electron chi connectivity index (χ0n) is 10.7. The van der Waals surface area contributed by atoms with Crippen LogP contribution >= 0.6 is 0 Å². The van der Waals surface area contributed by atoms with Gasteiger partial charge in [-0.15, -0.1) is 0 Å². The van der Waals surface area contributed by atoms with Crippen LogP contribution in [0.15, 0.2) is 24.3 Å². The van der Waals surface area contributed by atoms with E-state index in [4.69, 9.17) is 0 Å². The summed E-state index contributed by atoms with van der Waals surface area (Å²) in [6.45, 7) is 2.75. The standard InChI is InChI=1S/C15H19NO2/c1-10-2-4-11(5-3-10)15(18)12-8-14(17)16(9-12)13-6-7-13/h2-5,12-13,15,18H,6-9H2,1H3. The molecule has 3 heteroatoms. The molecule has 1 saturated carbocycles. The van der Waals surface area contributed by atoms with Crippen molar-refractivity contribution in [1.82, 2.24) is 4.90 Å². The van der Waals surface area contributed by atoms with Gasteiger partial charge in [0.1, 0.15) is 0 Å². The van der Waals surface area contributed by atoms with Crippen LogP contribution in [0.3, 0.4) is 0 Å². The van der Waals surface area contributed by atoms with Gasteiger partial charge >= 0.3 is 0 Å². The van der Waals surface area contributed by atoms with Gasteiger partial charge in [-0.05, 0) is 25.3 Å². The molecule has 0 bridgehead atoms. The smallest absolute Gasteiger partial charge is 0.223 e. The van der Waals surface area contributed by atoms with Crippen LogP contribution < -0.4 is 0 Å². The van der Waals surface area contributed by atoms with Gasteiger partial charge in [-0.2, -0.15) is 0 Å². The number of amides is 1. The molecule has 2 unspecified atom stereocenters. The van der Waals surface area contributed by atoms with Crippen molar-refractivity contribution in [3.05, 3.63) is 35.4 Å². The van der Waals surface area contributed by atoms with Gasteiger partial charge in [0.25, 0.3) is 0 Å². The van der Waals surface area contributed by atoms with Crippen LogP contribution in [-0.2, 0) is 4.79 Å². The fraction of sp³-hybridized carbons (Fsp3) is 0.533. The number of hydrogen-bond acceptors (Lipinski definition) is 2. The monoisotopic (exact) mass is 245 g/mol. The second-order valence-corrected chi connectivity index (χ2v) is 5.60. The Kier molecular flexibility index (Phi) is 2.86. The second kappa shape index (κ2) is 4.39. The van der Waals surface area contributed by atoms with Gasteiger partial charge in [0.15, 0.2) is 0 Å². The quantitative estimate of drug-likeness (QED) is 0.885. The van der Waals surface area contributed by atoms with Crippen molar-refractivity contribution in [2.24, 2.45) is 5.92 Å². The fourth-order valence-corrected chi connectivity index (χ4v) is 2.75. The van der Waals surface area contributed by atoms with Crippen molar-refractivity contribution in [2.45, 2.75) is 38.3 Å².